The summed E-state index contributed by atoms with van der Waals surface area (Å²) in [4.78, 5) is 19.6. The first-order valence-electron chi connectivity index (χ1n) is 5.30. The standard InChI is InChI=1S/C12H12IN3O2/c1-9-5-3-4-6-11(9)15(2)12(17)18-16-8-10(13)7-14-16/h3-8H,1-2H3. The molecule has 0 radical (unpaired) electrons. The highest BCUT2D eigenvalue weighted by atomic mass is 127. The molecule has 94 valence electrons. The molecule has 0 spiro atoms. The van der Waals surface area contributed by atoms with Crippen LogP contribution in [0.2, 0.25) is 0 Å². The van der Waals surface area contributed by atoms with Crippen molar-refractivity contribution in [1.82, 2.24) is 9.94 Å². The number of aryl methyl sites for hydroxylation is 1. The molecule has 1 aromatic heterocycles. The highest BCUT2D eigenvalue weighted by molar-refractivity contribution is 14.1. The molecule has 5 nitrogen and oxygen atoms in total. The number of benzene rings is 1. The van der Waals surface area contributed by atoms with Crippen LogP contribution in [0.3, 0.4) is 0 Å². The van der Waals surface area contributed by atoms with E-state index in [0.717, 1.165) is 19.7 Å². The molecule has 0 aliphatic rings. The van der Waals surface area contributed by atoms with Crippen molar-refractivity contribution in [2.75, 3.05) is 11.9 Å². The van der Waals surface area contributed by atoms with Gasteiger partial charge in [-0.1, -0.05) is 23.0 Å². The molecule has 6 heteroatoms. The number of carbonyl (C=O) groups is 1. The van der Waals surface area contributed by atoms with Crippen molar-refractivity contribution in [3.8, 4) is 0 Å². The first-order chi connectivity index (χ1) is 8.58. The van der Waals surface area contributed by atoms with Gasteiger partial charge in [-0.3, -0.25) is 9.74 Å². The summed E-state index contributed by atoms with van der Waals surface area (Å²) in [6.07, 6.45) is 2.76. The van der Waals surface area contributed by atoms with E-state index in [0.29, 0.717) is 0 Å². The summed E-state index contributed by atoms with van der Waals surface area (Å²) < 4.78 is 0.902. The van der Waals surface area contributed by atoms with Crippen LogP contribution in [0.15, 0.2) is 36.7 Å². The molecule has 1 amide bonds. The zero-order valence-corrected chi connectivity index (χ0v) is 12.2. The highest BCUT2D eigenvalue weighted by Crippen LogP contribution is 2.17. The van der Waals surface area contributed by atoms with Gasteiger partial charge in [0.1, 0.15) is 0 Å². The second-order valence-corrected chi connectivity index (χ2v) is 5.01. The van der Waals surface area contributed by atoms with Gasteiger partial charge in [0.15, 0.2) is 0 Å². The van der Waals surface area contributed by atoms with Gasteiger partial charge in [-0.25, -0.2) is 4.79 Å². The van der Waals surface area contributed by atoms with Gasteiger partial charge in [0.25, 0.3) is 0 Å². The highest BCUT2D eigenvalue weighted by Gasteiger charge is 2.15. The van der Waals surface area contributed by atoms with E-state index in [1.807, 2.05) is 31.2 Å². The van der Waals surface area contributed by atoms with E-state index >= 15 is 0 Å². The summed E-state index contributed by atoms with van der Waals surface area (Å²) in [6, 6.07) is 7.61. The van der Waals surface area contributed by atoms with Crippen molar-refractivity contribution in [1.29, 1.82) is 0 Å². The molecule has 0 fully saturated rings. The molecular weight excluding hydrogens is 345 g/mol. The zero-order valence-electron chi connectivity index (χ0n) is 10.0. The third kappa shape index (κ3) is 2.81. The zero-order chi connectivity index (χ0) is 13.1. The lowest BCUT2D eigenvalue weighted by Crippen LogP contribution is -2.34. The lowest BCUT2D eigenvalue weighted by atomic mass is 10.2. The number of hydrogen-bond donors (Lipinski definition) is 0. The molecule has 2 aromatic rings. The quantitative estimate of drug-likeness (QED) is 0.776. The SMILES string of the molecule is Cc1ccccc1N(C)C(=O)On1cc(I)cn1. The fourth-order valence-corrected chi connectivity index (χ4v) is 1.88. The van der Waals surface area contributed by atoms with Gasteiger partial charge in [-0.15, -0.1) is 5.10 Å². The van der Waals surface area contributed by atoms with E-state index in [9.17, 15) is 4.79 Å². The van der Waals surface area contributed by atoms with Gasteiger partial charge in [0, 0.05) is 12.7 Å². The van der Waals surface area contributed by atoms with E-state index in [4.69, 9.17) is 4.84 Å². The second kappa shape index (κ2) is 5.38. The van der Waals surface area contributed by atoms with E-state index < -0.39 is 6.09 Å². The molecule has 0 saturated heterocycles. The smallest absolute Gasteiger partial charge is 0.299 e. The van der Waals surface area contributed by atoms with Crippen molar-refractivity contribution in [3.63, 3.8) is 0 Å². The third-order valence-electron chi connectivity index (χ3n) is 2.45. The molecular formula is C12H12IN3O2. The van der Waals surface area contributed by atoms with Crippen LogP contribution < -0.4 is 9.74 Å². The Hall–Kier alpha value is -1.57. The molecule has 18 heavy (non-hydrogen) atoms. The minimum Gasteiger partial charge on any atom is -0.299 e. The topological polar surface area (TPSA) is 47.4 Å². The summed E-state index contributed by atoms with van der Waals surface area (Å²) >= 11 is 2.09. The average Bonchev–Trinajstić information content (AvgIpc) is 2.74. The second-order valence-electron chi connectivity index (χ2n) is 3.76. The number of rotatable bonds is 2. The third-order valence-corrected chi connectivity index (χ3v) is 3.01. The van der Waals surface area contributed by atoms with Gasteiger partial charge in [-0.2, -0.15) is 0 Å². The first kappa shape index (κ1) is 12.9. The van der Waals surface area contributed by atoms with Crippen LogP contribution in [-0.2, 0) is 0 Å². The van der Waals surface area contributed by atoms with Crippen molar-refractivity contribution in [2.45, 2.75) is 6.92 Å². The number of halogens is 1. The van der Waals surface area contributed by atoms with Crippen LogP contribution in [0.1, 0.15) is 5.56 Å². The maximum absolute atomic E-state index is 11.9. The monoisotopic (exact) mass is 357 g/mol. The van der Waals surface area contributed by atoms with Gasteiger partial charge in [0.05, 0.1) is 16.0 Å². The van der Waals surface area contributed by atoms with E-state index in [2.05, 4.69) is 27.7 Å². The number of para-hydroxylation sites is 1. The Morgan fingerprint density at radius 3 is 2.78 bits per heavy atom. The Balaban J connectivity index is 2.12. The largest absolute Gasteiger partial charge is 0.440 e. The molecule has 2 rings (SSSR count). The Morgan fingerprint density at radius 2 is 2.17 bits per heavy atom. The predicted molar refractivity (Wildman–Crippen MR) is 76.5 cm³/mol. The molecule has 0 unspecified atom stereocenters. The van der Waals surface area contributed by atoms with Crippen molar-refractivity contribution < 1.29 is 9.63 Å². The Morgan fingerprint density at radius 1 is 1.44 bits per heavy atom. The van der Waals surface area contributed by atoms with Gasteiger partial charge >= 0.3 is 6.09 Å². The first-order valence-corrected chi connectivity index (χ1v) is 6.37. The summed E-state index contributed by atoms with van der Waals surface area (Å²) in [5.41, 5.74) is 1.82. The minimum atomic E-state index is -0.483. The predicted octanol–water partition coefficient (Wildman–Crippen LogP) is 2.48. The van der Waals surface area contributed by atoms with Crippen LogP contribution >= 0.6 is 22.6 Å². The van der Waals surface area contributed by atoms with Crippen LogP contribution in [0.25, 0.3) is 0 Å². The number of amides is 1. The molecule has 1 aromatic carbocycles. The summed E-state index contributed by atoms with van der Waals surface area (Å²) in [5, 5.41) is 3.89. The molecule has 0 bridgehead atoms. The molecule has 0 N–H and O–H groups in total. The van der Waals surface area contributed by atoms with Gasteiger partial charge in [0.2, 0.25) is 0 Å². The maximum Gasteiger partial charge on any atom is 0.440 e. The van der Waals surface area contributed by atoms with E-state index in [1.165, 1.54) is 4.90 Å². The Labute approximate surface area is 118 Å². The van der Waals surface area contributed by atoms with Crippen molar-refractivity contribution in [2.24, 2.45) is 0 Å². The van der Waals surface area contributed by atoms with Crippen LogP contribution in [0.5, 0.6) is 0 Å². The molecule has 0 aliphatic heterocycles. The van der Waals surface area contributed by atoms with Crippen LogP contribution in [-0.4, -0.2) is 23.1 Å². The van der Waals surface area contributed by atoms with Crippen LogP contribution in [0.4, 0.5) is 10.5 Å². The van der Waals surface area contributed by atoms with Crippen molar-refractivity contribution in [3.05, 3.63) is 45.8 Å². The Bertz CT molecular complexity index is 568. The number of aromatic nitrogens is 2. The van der Waals surface area contributed by atoms with E-state index in [-0.39, 0.29) is 0 Å². The summed E-state index contributed by atoms with van der Waals surface area (Å²) in [7, 11) is 1.67. The fourth-order valence-electron chi connectivity index (χ4n) is 1.51. The minimum absolute atomic E-state index is 0.483. The number of hydrogen-bond acceptors (Lipinski definition) is 3. The number of carbonyl (C=O) groups excluding carboxylic acids is 1. The molecule has 0 saturated carbocycles. The van der Waals surface area contributed by atoms with E-state index in [1.54, 1.807) is 19.4 Å². The van der Waals surface area contributed by atoms with Crippen molar-refractivity contribution >= 4 is 34.4 Å². The molecule has 0 aliphatic carbocycles. The molecule has 1 heterocycles. The average molecular weight is 357 g/mol. The van der Waals surface area contributed by atoms with Gasteiger partial charge < -0.3 is 0 Å². The summed E-state index contributed by atoms with van der Waals surface area (Å²) in [6.45, 7) is 1.94. The lowest BCUT2D eigenvalue weighted by Gasteiger charge is -2.18. The normalized spacial score (nSPS) is 10.2. The van der Waals surface area contributed by atoms with Gasteiger partial charge in [-0.05, 0) is 41.1 Å². The number of anilines is 1. The number of nitrogens with zero attached hydrogens (tertiary/aromatic N) is 3. The van der Waals surface area contributed by atoms with Crippen LogP contribution in [0, 0.1) is 10.5 Å². The molecule has 0 atom stereocenters. The fraction of sp³-hybridized carbons (Fsp3) is 0.167. The maximum atomic E-state index is 11.9. The summed E-state index contributed by atoms with van der Waals surface area (Å²) in [5.74, 6) is 0. The Kier molecular flexibility index (Phi) is 3.85. The lowest BCUT2D eigenvalue weighted by molar-refractivity contribution is 0.124.